The zero-order valence-corrected chi connectivity index (χ0v) is 19.5. The predicted molar refractivity (Wildman–Crippen MR) is 122 cm³/mol. The first-order valence-electron chi connectivity index (χ1n) is 10.6. The SMILES string of the molecule is COC(=O)c1ccc(CNC(=O)C2SCCN2C(=O)CC(N)Cc2cc(F)c(F)cc2F)cc1O. The number of hydrogen-bond acceptors (Lipinski definition) is 7. The van der Waals surface area contributed by atoms with Gasteiger partial charge in [0.25, 0.3) is 5.91 Å². The molecule has 2 amide bonds. The Morgan fingerprint density at radius 1 is 1.20 bits per heavy atom. The molecule has 1 aliphatic heterocycles. The molecule has 3 rings (SSSR count). The van der Waals surface area contributed by atoms with Crippen LogP contribution in [0.15, 0.2) is 30.3 Å². The summed E-state index contributed by atoms with van der Waals surface area (Å²) < 4.78 is 45.0. The first-order valence-corrected chi connectivity index (χ1v) is 11.6. The van der Waals surface area contributed by atoms with Crippen LogP contribution in [0.5, 0.6) is 5.75 Å². The average Bonchev–Trinajstić information content (AvgIpc) is 3.31. The molecule has 35 heavy (non-hydrogen) atoms. The van der Waals surface area contributed by atoms with Gasteiger partial charge < -0.3 is 25.8 Å². The Hall–Kier alpha value is -3.25. The molecule has 2 aromatic rings. The van der Waals surface area contributed by atoms with Crippen LogP contribution in [0.1, 0.15) is 27.9 Å². The number of nitrogens with zero attached hydrogens (tertiary/aromatic N) is 1. The zero-order chi connectivity index (χ0) is 25.7. The molecule has 0 aromatic heterocycles. The molecule has 0 spiro atoms. The van der Waals surface area contributed by atoms with Crippen LogP contribution in [-0.4, -0.2) is 58.6 Å². The summed E-state index contributed by atoms with van der Waals surface area (Å²) in [6, 6.07) is 4.53. The van der Waals surface area contributed by atoms with E-state index in [1.165, 1.54) is 35.9 Å². The van der Waals surface area contributed by atoms with E-state index in [9.17, 15) is 32.7 Å². The standard InChI is InChI=1S/C23H24F3N3O5S/c1-34-23(33)15-3-2-12(6-19(15)30)11-28-21(32)22-29(4-5-35-22)20(31)9-14(27)7-13-8-17(25)18(26)10-16(13)24/h2-3,6,8,10,14,22,30H,4-5,7,9,11,27H2,1H3,(H,28,32). The van der Waals surface area contributed by atoms with Crippen molar-refractivity contribution in [3.63, 3.8) is 0 Å². The van der Waals surface area contributed by atoms with Crippen LogP contribution in [0.3, 0.4) is 0 Å². The van der Waals surface area contributed by atoms with E-state index in [1.807, 2.05) is 0 Å². The van der Waals surface area contributed by atoms with Crippen molar-refractivity contribution in [2.45, 2.75) is 30.8 Å². The van der Waals surface area contributed by atoms with Gasteiger partial charge in [0.15, 0.2) is 17.0 Å². The van der Waals surface area contributed by atoms with Crippen LogP contribution in [0.2, 0.25) is 0 Å². The molecule has 8 nitrogen and oxygen atoms in total. The second-order valence-corrected chi connectivity index (χ2v) is 9.09. The van der Waals surface area contributed by atoms with Gasteiger partial charge in [-0.05, 0) is 35.7 Å². The zero-order valence-electron chi connectivity index (χ0n) is 18.7. The maximum Gasteiger partial charge on any atom is 0.341 e. The number of phenolic OH excluding ortho intramolecular Hbond substituents is 1. The lowest BCUT2D eigenvalue weighted by Crippen LogP contribution is -2.46. The third-order valence-corrected chi connectivity index (χ3v) is 6.58. The molecule has 2 atom stereocenters. The minimum atomic E-state index is -1.31. The number of halogens is 3. The number of nitrogens with two attached hydrogens (primary N) is 1. The van der Waals surface area contributed by atoms with E-state index in [-0.39, 0.29) is 36.3 Å². The number of benzene rings is 2. The Bertz CT molecular complexity index is 1130. The predicted octanol–water partition coefficient (Wildman–Crippen LogP) is 2.07. The lowest BCUT2D eigenvalue weighted by molar-refractivity contribution is -0.136. The smallest absolute Gasteiger partial charge is 0.341 e. The molecule has 4 N–H and O–H groups in total. The number of hydrogen-bond donors (Lipinski definition) is 3. The van der Waals surface area contributed by atoms with Crippen LogP contribution in [0, 0.1) is 17.5 Å². The average molecular weight is 512 g/mol. The van der Waals surface area contributed by atoms with Crippen LogP contribution < -0.4 is 11.1 Å². The minimum Gasteiger partial charge on any atom is -0.507 e. The van der Waals surface area contributed by atoms with Crippen LogP contribution >= 0.6 is 11.8 Å². The largest absolute Gasteiger partial charge is 0.507 e. The topological polar surface area (TPSA) is 122 Å². The summed E-state index contributed by atoms with van der Waals surface area (Å²) in [6.45, 7) is 0.352. The van der Waals surface area contributed by atoms with Crippen molar-refractivity contribution in [2.24, 2.45) is 5.73 Å². The van der Waals surface area contributed by atoms with Crippen LogP contribution in [0.25, 0.3) is 0 Å². The molecule has 0 bridgehead atoms. The van der Waals surface area contributed by atoms with Gasteiger partial charge in [-0.25, -0.2) is 18.0 Å². The fraction of sp³-hybridized carbons (Fsp3) is 0.348. The maximum atomic E-state index is 13.9. The lowest BCUT2D eigenvalue weighted by atomic mass is 10.0. The highest BCUT2D eigenvalue weighted by atomic mass is 32.2. The van der Waals surface area contributed by atoms with Crippen molar-refractivity contribution >= 4 is 29.5 Å². The Labute approximate surface area is 203 Å². The minimum absolute atomic E-state index is 0.00899. The van der Waals surface area contributed by atoms with Crippen molar-refractivity contribution in [2.75, 3.05) is 19.4 Å². The third kappa shape index (κ3) is 6.45. The number of methoxy groups -OCH3 is 1. The second kappa shape index (κ2) is 11.5. The summed E-state index contributed by atoms with van der Waals surface area (Å²) in [7, 11) is 1.19. The summed E-state index contributed by atoms with van der Waals surface area (Å²) in [4.78, 5) is 38.4. The lowest BCUT2D eigenvalue weighted by Gasteiger charge is -2.24. The Balaban J connectivity index is 1.56. The van der Waals surface area contributed by atoms with Gasteiger partial charge in [0.1, 0.15) is 17.1 Å². The molecule has 2 unspecified atom stereocenters. The van der Waals surface area contributed by atoms with Crippen molar-refractivity contribution in [3.05, 3.63) is 64.5 Å². The maximum absolute atomic E-state index is 13.9. The van der Waals surface area contributed by atoms with E-state index >= 15 is 0 Å². The molecule has 1 heterocycles. The number of aromatic hydroxyl groups is 1. The summed E-state index contributed by atoms with van der Waals surface area (Å²) >= 11 is 1.26. The van der Waals surface area contributed by atoms with E-state index in [0.29, 0.717) is 30.0 Å². The molecule has 0 radical (unpaired) electrons. The fourth-order valence-electron chi connectivity index (χ4n) is 3.61. The molecule has 188 valence electrons. The molecule has 1 fully saturated rings. The van der Waals surface area contributed by atoms with Crippen LogP contribution in [-0.2, 0) is 27.3 Å². The number of carbonyl (C=O) groups excluding carboxylic acids is 3. The normalized spacial score (nSPS) is 16.1. The molecular formula is C23H24F3N3O5S. The molecule has 0 aliphatic carbocycles. The van der Waals surface area contributed by atoms with Gasteiger partial charge in [-0.2, -0.15) is 0 Å². The number of nitrogens with one attached hydrogen (secondary N) is 1. The van der Waals surface area contributed by atoms with Gasteiger partial charge >= 0.3 is 5.97 Å². The third-order valence-electron chi connectivity index (χ3n) is 5.38. The number of ether oxygens (including phenoxy) is 1. The summed E-state index contributed by atoms with van der Waals surface area (Å²) in [5, 5.41) is 11.9. The Morgan fingerprint density at radius 3 is 2.60 bits per heavy atom. The van der Waals surface area contributed by atoms with E-state index in [0.717, 1.165) is 0 Å². The highest BCUT2D eigenvalue weighted by molar-refractivity contribution is 8.00. The molecule has 2 aromatic carbocycles. The number of carbonyl (C=O) groups is 3. The number of phenols is 1. The molecular weight excluding hydrogens is 487 g/mol. The number of rotatable bonds is 8. The van der Waals surface area contributed by atoms with Crippen molar-refractivity contribution in [3.8, 4) is 5.75 Å². The van der Waals surface area contributed by atoms with E-state index in [2.05, 4.69) is 10.1 Å². The monoisotopic (exact) mass is 511 g/mol. The number of amides is 2. The second-order valence-electron chi connectivity index (χ2n) is 7.90. The number of thioether (sulfide) groups is 1. The Kier molecular flexibility index (Phi) is 8.62. The summed E-state index contributed by atoms with van der Waals surface area (Å²) in [5.74, 6) is -4.79. The first kappa shape index (κ1) is 26.4. The van der Waals surface area contributed by atoms with E-state index in [1.54, 1.807) is 6.07 Å². The van der Waals surface area contributed by atoms with Crippen molar-refractivity contribution < 1.29 is 37.4 Å². The van der Waals surface area contributed by atoms with Gasteiger partial charge in [0.05, 0.1) is 7.11 Å². The van der Waals surface area contributed by atoms with Gasteiger partial charge in [-0.15, -0.1) is 11.8 Å². The van der Waals surface area contributed by atoms with E-state index in [4.69, 9.17) is 5.73 Å². The van der Waals surface area contributed by atoms with Gasteiger partial charge in [0, 0.05) is 37.4 Å². The summed E-state index contributed by atoms with van der Waals surface area (Å²) in [6.07, 6.45) is -0.399. The first-order chi connectivity index (χ1) is 16.6. The van der Waals surface area contributed by atoms with Crippen molar-refractivity contribution in [1.29, 1.82) is 0 Å². The fourth-order valence-corrected chi connectivity index (χ4v) is 4.77. The van der Waals surface area contributed by atoms with Crippen molar-refractivity contribution in [1.82, 2.24) is 10.2 Å². The molecule has 1 aliphatic rings. The Morgan fingerprint density at radius 2 is 1.91 bits per heavy atom. The highest BCUT2D eigenvalue weighted by Crippen LogP contribution is 2.26. The van der Waals surface area contributed by atoms with E-state index < -0.39 is 46.7 Å². The van der Waals surface area contributed by atoms with Gasteiger partial charge in [0.2, 0.25) is 5.91 Å². The summed E-state index contributed by atoms with van der Waals surface area (Å²) in [5.41, 5.74) is 6.33. The molecule has 12 heteroatoms. The van der Waals surface area contributed by atoms with Gasteiger partial charge in [-0.1, -0.05) is 6.07 Å². The number of esters is 1. The highest BCUT2D eigenvalue weighted by Gasteiger charge is 2.35. The van der Waals surface area contributed by atoms with Gasteiger partial charge in [-0.3, -0.25) is 9.59 Å². The quantitative estimate of drug-likeness (QED) is 0.366. The molecule has 0 saturated carbocycles. The van der Waals surface area contributed by atoms with Crippen LogP contribution in [0.4, 0.5) is 13.2 Å². The molecule has 1 saturated heterocycles.